The topological polar surface area (TPSA) is 4.93 Å². The standard InChI is InChI=1S/C26H19NS/c1-2-27-22-11-5-3-8-19(22)21-16-17(14-15-23(21)27)18-10-7-13-25-26(18)20-9-4-6-12-24(20)28-25/h3-16H,2H2,1H3. The van der Waals surface area contributed by atoms with Gasteiger partial charge < -0.3 is 4.57 Å². The van der Waals surface area contributed by atoms with Crippen LogP contribution in [0.15, 0.2) is 84.9 Å². The van der Waals surface area contributed by atoms with Crippen LogP contribution in [0.3, 0.4) is 0 Å². The molecule has 0 N–H and O–H groups in total. The van der Waals surface area contributed by atoms with Crippen LogP contribution in [0.2, 0.25) is 0 Å². The second-order valence-electron chi connectivity index (χ2n) is 7.27. The van der Waals surface area contributed by atoms with Crippen molar-refractivity contribution in [3.63, 3.8) is 0 Å². The first-order valence-electron chi connectivity index (χ1n) is 9.77. The summed E-state index contributed by atoms with van der Waals surface area (Å²) < 4.78 is 5.12. The van der Waals surface area contributed by atoms with Crippen LogP contribution in [-0.4, -0.2) is 4.57 Å². The molecule has 2 heterocycles. The highest BCUT2D eigenvalue weighted by Gasteiger charge is 2.13. The Morgan fingerprint density at radius 2 is 1.43 bits per heavy atom. The van der Waals surface area contributed by atoms with Gasteiger partial charge in [0.1, 0.15) is 0 Å². The maximum Gasteiger partial charge on any atom is 0.0491 e. The second kappa shape index (κ2) is 5.95. The van der Waals surface area contributed by atoms with Crippen molar-refractivity contribution in [2.24, 2.45) is 0 Å². The van der Waals surface area contributed by atoms with Crippen molar-refractivity contribution in [1.29, 1.82) is 0 Å². The molecule has 0 aliphatic carbocycles. The van der Waals surface area contributed by atoms with Crippen LogP contribution in [0.1, 0.15) is 6.92 Å². The van der Waals surface area contributed by atoms with E-state index in [0.717, 1.165) is 6.54 Å². The number of aryl methyl sites for hydroxylation is 1. The molecule has 2 heteroatoms. The van der Waals surface area contributed by atoms with Gasteiger partial charge in [-0.15, -0.1) is 11.3 Å². The monoisotopic (exact) mass is 377 g/mol. The van der Waals surface area contributed by atoms with Gasteiger partial charge in [-0.2, -0.15) is 0 Å². The normalized spacial score (nSPS) is 11.9. The number of benzene rings is 4. The Morgan fingerprint density at radius 1 is 0.679 bits per heavy atom. The van der Waals surface area contributed by atoms with E-state index >= 15 is 0 Å². The van der Waals surface area contributed by atoms with E-state index in [2.05, 4.69) is 96.4 Å². The number of thiophene rings is 1. The third-order valence-electron chi connectivity index (χ3n) is 5.80. The van der Waals surface area contributed by atoms with Crippen molar-refractivity contribution >= 4 is 53.3 Å². The fourth-order valence-corrected chi connectivity index (χ4v) is 5.71. The molecule has 0 saturated carbocycles. The van der Waals surface area contributed by atoms with E-state index in [1.54, 1.807) is 0 Å². The molecule has 0 aliphatic rings. The minimum absolute atomic E-state index is 0.980. The van der Waals surface area contributed by atoms with E-state index in [-0.39, 0.29) is 0 Å². The number of aromatic nitrogens is 1. The predicted molar refractivity (Wildman–Crippen MR) is 123 cm³/mol. The summed E-state index contributed by atoms with van der Waals surface area (Å²) in [5.74, 6) is 0. The molecule has 0 fully saturated rings. The molecule has 28 heavy (non-hydrogen) atoms. The van der Waals surface area contributed by atoms with E-state index in [4.69, 9.17) is 0 Å². The molecular formula is C26H19NS. The Hall–Kier alpha value is -3.10. The first-order chi connectivity index (χ1) is 13.8. The fourth-order valence-electron chi connectivity index (χ4n) is 4.58. The molecule has 6 rings (SSSR count). The number of fused-ring (bicyclic) bond motifs is 6. The maximum absolute atomic E-state index is 2.41. The molecule has 1 nitrogen and oxygen atoms in total. The first-order valence-corrected chi connectivity index (χ1v) is 10.6. The highest BCUT2D eigenvalue weighted by atomic mass is 32.1. The molecule has 0 spiro atoms. The van der Waals surface area contributed by atoms with Crippen molar-refractivity contribution < 1.29 is 0 Å². The zero-order valence-electron chi connectivity index (χ0n) is 15.6. The summed E-state index contributed by atoms with van der Waals surface area (Å²) in [6.45, 7) is 3.20. The molecule has 6 aromatic rings. The van der Waals surface area contributed by atoms with Gasteiger partial charge in [0, 0.05) is 48.5 Å². The van der Waals surface area contributed by atoms with Crippen molar-refractivity contribution in [3.8, 4) is 11.1 Å². The van der Waals surface area contributed by atoms with Crippen molar-refractivity contribution in [1.82, 2.24) is 4.57 Å². The Kier molecular flexibility index (Phi) is 3.38. The lowest BCUT2D eigenvalue weighted by molar-refractivity contribution is 0.827. The van der Waals surface area contributed by atoms with Crippen LogP contribution in [-0.2, 0) is 6.54 Å². The molecule has 0 unspecified atom stereocenters. The Balaban J connectivity index is 1.71. The van der Waals surface area contributed by atoms with Crippen LogP contribution < -0.4 is 0 Å². The van der Waals surface area contributed by atoms with Gasteiger partial charge in [0.2, 0.25) is 0 Å². The zero-order chi connectivity index (χ0) is 18.7. The maximum atomic E-state index is 2.41. The lowest BCUT2D eigenvalue weighted by Gasteiger charge is -2.07. The van der Waals surface area contributed by atoms with Crippen LogP contribution >= 0.6 is 11.3 Å². The molecule has 0 radical (unpaired) electrons. The van der Waals surface area contributed by atoms with Gasteiger partial charge in [0.25, 0.3) is 0 Å². The summed E-state index contributed by atoms with van der Waals surface area (Å²) in [5.41, 5.74) is 5.25. The van der Waals surface area contributed by atoms with E-state index < -0.39 is 0 Å². The van der Waals surface area contributed by atoms with Gasteiger partial charge in [0.05, 0.1) is 0 Å². The number of hydrogen-bond acceptors (Lipinski definition) is 1. The minimum atomic E-state index is 0.980. The molecule has 134 valence electrons. The van der Waals surface area contributed by atoms with Crippen molar-refractivity contribution in [3.05, 3.63) is 84.9 Å². The second-order valence-corrected chi connectivity index (χ2v) is 8.35. The molecule has 2 aromatic heterocycles. The predicted octanol–water partition coefficient (Wildman–Crippen LogP) is 7.85. The third kappa shape index (κ3) is 2.12. The Labute approximate surface area is 167 Å². The van der Waals surface area contributed by atoms with Gasteiger partial charge in [-0.1, -0.05) is 54.6 Å². The number of hydrogen-bond donors (Lipinski definition) is 0. The third-order valence-corrected chi connectivity index (χ3v) is 6.94. The summed E-state index contributed by atoms with van der Waals surface area (Å²) in [5, 5.41) is 5.41. The summed E-state index contributed by atoms with van der Waals surface area (Å²) in [6, 6.07) is 31.1. The molecule has 4 aromatic carbocycles. The fraction of sp³-hybridized carbons (Fsp3) is 0.0769. The molecular weight excluding hydrogens is 358 g/mol. The highest BCUT2D eigenvalue weighted by Crippen LogP contribution is 2.41. The lowest BCUT2D eigenvalue weighted by Crippen LogP contribution is -1.92. The molecule has 0 amide bonds. The molecule has 0 atom stereocenters. The quantitative estimate of drug-likeness (QED) is 0.289. The number of nitrogens with zero attached hydrogens (tertiary/aromatic N) is 1. The molecule has 0 aliphatic heterocycles. The lowest BCUT2D eigenvalue weighted by atomic mass is 9.98. The van der Waals surface area contributed by atoms with E-state index in [0.29, 0.717) is 0 Å². The van der Waals surface area contributed by atoms with Crippen molar-refractivity contribution in [2.75, 3.05) is 0 Å². The van der Waals surface area contributed by atoms with E-state index in [1.807, 2.05) is 11.3 Å². The average Bonchev–Trinajstić information content (AvgIpc) is 3.28. The van der Waals surface area contributed by atoms with Gasteiger partial charge in [-0.05, 0) is 48.4 Å². The van der Waals surface area contributed by atoms with Crippen LogP contribution in [0.4, 0.5) is 0 Å². The minimum Gasteiger partial charge on any atom is -0.341 e. The van der Waals surface area contributed by atoms with Crippen LogP contribution in [0, 0.1) is 0 Å². The Morgan fingerprint density at radius 3 is 2.32 bits per heavy atom. The summed E-state index contributed by atoms with van der Waals surface area (Å²) in [6.07, 6.45) is 0. The highest BCUT2D eigenvalue weighted by molar-refractivity contribution is 7.25. The van der Waals surface area contributed by atoms with Gasteiger partial charge in [-0.3, -0.25) is 0 Å². The van der Waals surface area contributed by atoms with Gasteiger partial charge >= 0.3 is 0 Å². The zero-order valence-corrected chi connectivity index (χ0v) is 16.5. The first kappa shape index (κ1) is 15.9. The summed E-state index contributed by atoms with van der Waals surface area (Å²) >= 11 is 1.88. The van der Waals surface area contributed by atoms with Crippen molar-refractivity contribution in [2.45, 2.75) is 13.5 Å². The number of rotatable bonds is 2. The van der Waals surface area contributed by atoms with E-state index in [1.165, 1.54) is 53.1 Å². The van der Waals surface area contributed by atoms with Gasteiger partial charge in [0.15, 0.2) is 0 Å². The van der Waals surface area contributed by atoms with Crippen LogP contribution in [0.25, 0.3) is 53.1 Å². The summed E-state index contributed by atoms with van der Waals surface area (Å²) in [4.78, 5) is 0. The van der Waals surface area contributed by atoms with Crippen LogP contribution in [0.5, 0.6) is 0 Å². The Bertz CT molecular complexity index is 1500. The molecule has 0 saturated heterocycles. The summed E-state index contributed by atoms with van der Waals surface area (Å²) in [7, 11) is 0. The smallest absolute Gasteiger partial charge is 0.0491 e. The SMILES string of the molecule is CCn1c2ccccc2c2cc(-c3cccc4sc5ccccc5c34)ccc21. The molecule has 0 bridgehead atoms. The average molecular weight is 378 g/mol. The largest absolute Gasteiger partial charge is 0.341 e. The van der Waals surface area contributed by atoms with Gasteiger partial charge in [-0.25, -0.2) is 0 Å². The number of para-hydroxylation sites is 1. The van der Waals surface area contributed by atoms with E-state index in [9.17, 15) is 0 Å².